The van der Waals surface area contributed by atoms with Gasteiger partial charge in [0.15, 0.2) is 0 Å². The second-order valence-electron chi connectivity index (χ2n) is 4.17. The van der Waals surface area contributed by atoms with Gasteiger partial charge in [-0.05, 0) is 48.5 Å². The van der Waals surface area contributed by atoms with E-state index in [9.17, 15) is 16.8 Å². The fourth-order valence-electron chi connectivity index (χ4n) is 1.56. The molecule has 0 aliphatic rings. The Morgan fingerprint density at radius 2 is 1.29 bits per heavy atom. The Kier molecular flexibility index (Phi) is 3.90. The molecule has 7 nitrogen and oxygen atoms in total. The molecule has 0 spiro atoms. The molecule has 112 valence electrons. The van der Waals surface area contributed by atoms with Gasteiger partial charge in [0.25, 0.3) is 20.1 Å². The molecule has 0 aromatic heterocycles. The van der Waals surface area contributed by atoms with Gasteiger partial charge in [-0.25, -0.2) is 8.42 Å². The maximum atomic E-state index is 12.1. The van der Waals surface area contributed by atoms with E-state index < -0.39 is 20.1 Å². The Hall–Kier alpha value is -2.10. The quantitative estimate of drug-likeness (QED) is 0.574. The lowest BCUT2D eigenvalue weighted by Gasteiger charge is -2.08. The lowest BCUT2D eigenvalue weighted by molar-refractivity contribution is 0.483. The van der Waals surface area contributed by atoms with Crippen molar-refractivity contribution < 1.29 is 21.4 Å². The average Bonchev–Trinajstić information content (AvgIpc) is 2.38. The van der Waals surface area contributed by atoms with Crippen LogP contribution in [0.5, 0.6) is 0 Å². The van der Waals surface area contributed by atoms with Crippen LogP contribution >= 0.6 is 0 Å². The molecule has 4 N–H and O–H groups in total. The summed E-state index contributed by atoms with van der Waals surface area (Å²) in [5.74, 6) is 0. The van der Waals surface area contributed by atoms with Crippen molar-refractivity contribution in [2.75, 3.05) is 10.5 Å². The second-order valence-corrected chi connectivity index (χ2v) is 7.28. The molecule has 0 fully saturated rings. The largest absolute Gasteiger partial charge is 0.399 e. The van der Waals surface area contributed by atoms with Gasteiger partial charge in [0.05, 0.1) is 9.79 Å². The van der Waals surface area contributed by atoms with Crippen molar-refractivity contribution in [3.8, 4) is 0 Å². The second kappa shape index (κ2) is 5.35. The Morgan fingerprint density at radius 3 is 1.76 bits per heavy atom. The molecule has 21 heavy (non-hydrogen) atoms. The van der Waals surface area contributed by atoms with Crippen LogP contribution in [-0.2, 0) is 20.1 Å². The molecular formula is C12H12N2O5S2. The number of benzene rings is 2. The minimum absolute atomic E-state index is 0.0237. The summed E-state index contributed by atoms with van der Waals surface area (Å²) in [4.78, 5) is -0.298. The van der Waals surface area contributed by atoms with Gasteiger partial charge in [-0.1, -0.05) is 0 Å². The monoisotopic (exact) mass is 328 g/mol. The van der Waals surface area contributed by atoms with Gasteiger partial charge in [0, 0.05) is 11.4 Å². The van der Waals surface area contributed by atoms with E-state index in [4.69, 9.17) is 10.3 Å². The molecule has 0 saturated heterocycles. The van der Waals surface area contributed by atoms with E-state index in [0.717, 1.165) is 12.1 Å². The Balaban J connectivity index is 2.27. The lowest BCUT2D eigenvalue weighted by Crippen LogP contribution is -2.13. The van der Waals surface area contributed by atoms with Gasteiger partial charge in [-0.15, -0.1) is 0 Å². The zero-order chi connectivity index (χ0) is 15.7. The number of rotatable bonds is 4. The summed E-state index contributed by atoms with van der Waals surface area (Å²) in [6, 6.07) is 10.3. The first kappa shape index (κ1) is 15.3. The highest BCUT2D eigenvalue weighted by molar-refractivity contribution is 7.92. The number of sulfonamides is 1. The number of anilines is 2. The highest BCUT2D eigenvalue weighted by Crippen LogP contribution is 2.19. The summed E-state index contributed by atoms with van der Waals surface area (Å²) in [7, 11) is -8.11. The van der Waals surface area contributed by atoms with Crippen molar-refractivity contribution in [1.29, 1.82) is 0 Å². The van der Waals surface area contributed by atoms with Gasteiger partial charge >= 0.3 is 0 Å². The first-order valence-electron chi connectivity index (χ1n) is 5.64. The molecular weight excluding hydrogens is 316 g/mol. The highest BCUT2D eigenvalue weighted by atomic mass is 32.2. The fraction of sp³-hybridized carbons (Fsp3) is 0. The number of nitrogen functional groups attached to an aromatic ring is 1. The third kappa shape index (κ3) is 3.72. The van der Waals surface area contributed by atoms with Crippen LogP contribution in [0.4, 0.5) is 11.4 Å². The molecule has 2 aromatic carbocycles. The number of nitrogens with two attached hydrogens (primary N) is 1. The summed E-state index contributed by atoms with van der Waals surface area (Å²) in [5, 5.41) is 0. The van der Waals surface area contributed by atoms with Crippen molar-refractivity contribution in [2.24, 2.45) is 0 Å². The molecule has 9 heteroatoms. The van der Waals surface area contributed by atoms with Crippen LogP contribution < -0.4 is 10.5 Å². The molecule has 0 bridgehead atoms. The highest BCUT2D eigenvalue weighted by Gasteiger charge is 2.15. The maximum Gasteiger partial charge on any atom is 0.294 e. The van der Waals surface area contributed by atoms with E-state index in [1.54, 1.807) is 0 Å². The van der Waals surface area contributed by atoms with Gasteiger partial charge < -0.3 is 5.73 Å². The minimum atomic E-state index is -4.31. The summed E-state index contributed by atoms with van der Waals surface area (Å²) >= 11 is 0. The lowest BCUT2D eigenvalue weighted by atomic mass is 10.3. The van der Waals surface area contributed by atoms with Crippen molar-refractivity contribution in [3.05, 3.63) is 48.5 Å². The molecule has 0 aliphatic heterocycles. The first-order chi connectivity index (χ1) is 9.68. The van der Waals surface area contributed by atoms with Crippen molar-refractivity contribution in [2.45, 2.75) is 9.79 Å². The average molecular weight is 328 g/mol. The number of hydrogen-bond acceptors (Lipinski definition) is 5. The van der Waals surface area contributed by atoms with E-state index in [-0.39, 0.29) is 15.5 Å². The molecule has 0 unspecified atom stereocenters. The van der Waals surface area contributed by atoms with Crippen molar-refractivity contribution >= 4 is 31.5 Å². The Morgan fingerprint density at radius 1 is 0.810 bits per heavy atom. The number of hydrogen-bond donors (Lipinski definition) is 3. The van der Waals surface area contributed by atoms with E-state index in [1.807, 2.05) is 0 Å². The maximum absolute atomic E-state index is 12.1. The molecule has 2 rings (SSSR count). The van der Waals surface area contributed by atoms with Gasteiger partial charge in [0.1, 0.15) is 0 Å². The van der Waals surface area contributed by atoms with Crippen LogP contribution in [-0.4, -0.2) is 21.4 Å². The zero-order valence-corrected chi connectivity index (χ0v) is 12.2. The van der Waals surface area contributed by atoms with E-state index in [1.165, 1.54) is 36.4 Å². The van der Waals surface area contributed by atoms with E-state index in [2.05, 4.69) is 4.72 Å². The summed E-state index contributed by atoms with van der Waals surface area (Å²) in [6.07, 6.45) is 0. The van der Waals surface area contributed by atoms with E-state index >= 15 is 0 Å². The zero-order valence-electron chi connectivity index (χ0n) is 10.6. The van der Waals surface area contributed by atoms with Gasteiger partial charge in [-0.2, -0.15) is 8.42 Å². The Bertz CT molecular complexity index is 842. The topological polar surface area (TPSA) is 127 Å². The van der Waals surface area contributed by atoms with Crippen LogP contribution in [0.25, 0.3) is 0 Å². The standard InChI is InChI=1S/C12H12N2O5S2/c13-9-1-5-11(6-2-9)20(15,16)14-10-3-7-12(8-4-10)21(17,18)19/h1-8,14H,13H2,(H,17,18,19). The molecule has 0 saturated carbocycles. The molecule has 2 aromatic rings. The van der Waals surface area contributed by atoms with Crippen LogP contribution in [0.15, 0.2) is 58.3 Å². The Labute approximate surface area is 122 Å². The first-order valence-corrected chi connectivity index (χ1v) is 8.57. The van der Waals surface area contributed by atoms with Gasteiger partial charge in [-0.3, -0.25) is 9.27 Å². The predicted octanol–water partition coefficient (Wildman–Crippen LogP) is 1.32. The predicted molar refractivity (Wildman–Crippen MR) is 77.9 cm³/mol. The van der Waals surface area contributed by atoms with Crippen LogP contribution in [0.1, 0.15) is 0 Å². The molecule has 0 amide bonds. The van der Waals surface area contributed by atoms with Crippen LogP contribution in [0, 0.1) is 0 Å². The summed E-state index contributed by atoms with van der Waals surface area (Å²) < 4.78 is 57.1. The summed E-state index contributed by atoms with van der Waals surface area (Å²) in [5.41, 5.74) is 6.09. The SMILES string of the molecule is Nc1ccc(S(=O)(=O)Nc2ccc(S(=O)(=O)O)cc2)cc1. The minimum Gasteiger partial charge on any atom is -0.399 e. The van der Waals surface area contributed by atoms with Crippen LogP contribution in [0.2, 0.25) is 0 Å². The summed E-state index contributed by atoms with van der Waals surface area (Å²) in [6.45, 7) is 0. The van der Waals surface area contributed by atoms with Crippen LogP contribution in [0.3, 0.4) is 0 Å². The number of nitrogens with one attached hydrogen (secondary N) is 1. The smallest absolute Gasteiger partial charge is 0.294 e. The fourth-order valence-corrected chi connectivity index (χ4v) is 3.09. The van der Waals surface area contributed by atoms with Crippen molar-refractivity contribution in [1.82, 2.24) is 0 Å². The third-order valence-electron chi connectivity index (χ3n) is 2.59. The third-order valence-corrected chi connectivity index (χ3v) is 4.86. The molecule has 0 heterocycles. The molecule has 0 atom stereocenters. The van der Waals surface area contributed by atoms with E-state index in [0.29, 0.717) is 5.69 Å². The molecule has 0 aliphatic carbocycles. The molecule has 0 radical (unpaired) electrons. The normalized spacial score (nSPS) is 12.0. The van der Waals surface area contributed by atoms with Crippen molar-refractivity contribution in [3.63, 3.8) is 0 Å². The van der Waals surface area contributed by atoms with Gasteiger partial charge in [0.2, 0.25) is 0 Å².